The Balaban J connectivity index is 1.28. The maximum atomic E-state index is 12.7. The summed E-state index contributed by atoms with van der Waals surface area (Å²) in [5, 5.41) is 7.03. The number of H-pyrrole nitrogens is 1. The molecule has 0 atom stereocenters. The van der Waals surface area contributed by atoms with Crippen molar-refractivity contribution < 1.29 is 9.53 Å². The van der Waals surface area contributed by atoms with Crippen molar-refractivity contribution in [1.82, 2.24) is 25.1 Å². The summed E-state index contributed by atoms with van der Waals surface area (Å²) in [7, 11) is 0. The molecule has 27 heavy (non-hydrogen) atoms. The van der Waals surface area contributed by atoms with E-state index in [1.54, 1.807) is 6.33 Å². The number of carbonyl (C=O) groups excluding carboxylic acids is 1. The fraction of sp³-hybridized carbons (Fsp3) is 0.600. The molecule has 1 N–H and O–H groups in total. The molecule has 4 rings (SSSR count). The highest BCUT2D eigenvalue weighted by molar-refractivity contribution is 5.96. The minimum atomic E-state index is 0.0825. The van der Waals surface area contributed by atoms with Crippen LogP contribution in [0.4, 0.5) is 0 Å². The van der Waals surface area contributed by atoms with Gasteiger partial charge in [-0.25, -0.2) is 9.97 Å². The first-order valence-corrected chi connectivity index (χ1v) is 9.87. The highest BCUT2D eigenvalue weighted by Crippen LogP contribution is 2.35. The Morgan fingerprint density at radius 1 is 1.22 bits per heavy atom. The van der Waals surface area contributed by atoms with Crippen LogP contribution in [0.25, 0.3) is 0 Å². The number of aromatic nitrogens is 4. The summed E-state index contributed by atoms with van der Waals surface area (Å²) in [6.07, 6.45) is 7.24. The lowest BCUT2D eigenvalue weighted by atomic mass is 9.83. The summed E-state index contributed by atoms with van der Waals surface area (Å²) >= 11 is 0. The van der Waals surface area contributed by atoms with Crippen LogP contribution in [0.5, 0.6) is 5.88 Å². The number of aryl methyl sites for hydroxylation is 2. The molecule has 0 bridgehead atoms. The molecule has 2 aromatic heterocycles. The number of hydrogen-bond acceptors (Lipinski definition) is 5. The summed E-state index contributed by atoms with van der Waals surface area (Å²) in [6, 6.07) is 1.99. The third kappa shape index (κ3) is 3.82. The molecule has 1 amide bonds. The van der Waals surface area contributed by atoms with Gasteiger partial charge in [0.15, 0.2) is 0 Å². The number of ether oxygens (including phenoxy) is 1. The zero-order chi connectivity index (χ0) is 18.8. The Morgan fingerprint density at radius 2 is 2.00 bits per heavy atom. The Bertz CT molecular complexity index is 787. The molecule has 2 aromatic rings. The summed E-state index contributed by atoms with van der Waals surface area (Å²) < 4.78 is 5.94. The lowest BCUT2D eigenvalue weighted by molar-refractivity contribution is 0.0658. The second-order valence-electron chi connectivity index (χ2n) is 7.76. The van der Waals surface area contributed by atoms with E-state index in [0.717, 1.165) is 43.0 Å². The normalized spacial score (nSPS) is 18.4. The van der Waals surface area contributed by atoms with Crippen LogP contribution in [0, 0.1) is 19.8 Å². The Hall–Kier alpha value is -2.44. The number of rotatable bonds is 5. The van der Waals surface area contributed by atoms with E-state index < -0.39 is 0 Å². The molecule has 7 nitrogen and oxygen atoms in total. The number of aromatic amines is 1. The summed E-state index contributed by atoms with van der Waals surface area (Å²) in [5.41, 5.74) is 3.44. The molecule has 0 aromatic carbocycles. The molecule has 0 radical (unpaired) electrons. The summed E-state index contributed by atoms with van der Waals surface area (Å²) in [4.78, 5) is 23.3. The number of amides is 1. The van der Waals surface area contributed by atoms with Crippen molar-refractivity contribution in [2.45, 2.75) is 51.9 Å². The number of nitrogens with zero attached hydrogens (tertiary/aromatic N) is 4. The molecule has 1 aliphatic carbocycles. The average molecular weight is 369 g/mol. The SMILES string of the molecule is Cc1n[nH]c(C)c1C(=O)N1CCC(COc2cc(C3CCC3)ncn2)CC1. The van der Waals surface area contributed by atoms with Gasteiger partial charge in [0, 0.05) is 30.8 Å². The van der Waals surface area contributed by atoms with Gasteiger partial charge in [0.25, 0.3) is 5.91 Å². The minimum absolute atomic E-state index is 0.0825. The maximum absolute atomic E-state index is 12.7. The molecule has 7 heteroatoms. The van der Waals surface area contributed by atoms with Gasteiger partial charge in [-0.2, -0.15) is 5.10 Å². The van der Waals surface area contributed by atoms with Crippen LogP contribution in [0.3, 0.4) is 0 Å². The van der Waals surface area contributed by atoms with E-state index in [9.17, 15) is 4.79 Å². The highest BCUT2D eigenvalue weighted by Gasteiger charge is 2.27. The second-order valence-corrected chi connectivity index (χ2v) is 7.76. The van der Waals surface area contributed by atoms with Crippen molar-refractivity contribution in [3.63, 3.8) is 0 Å². The van der Waals surface area contributed by atoms with E-state index in [1.807, 2.05) is 24.8 Å². The summed E-state index contributed by atoms with van der Waals surface area (Å²) in [6.45, 7) is 5.93. The second kappa shape index (κ2) is 7.66. The van der Waals surface area contributed by atoms with E-state index in [-0.39, 0.29) is 5.91 Å². The van der Waals surface area contributed by atoms with Gasteiger partial charge < -0.3 is 9.64 Å². The first kappa shape index (κ1) is 17.9. The molecule has 144 valence electrons. The lowest BCUT2D eigenvalue weighted by Crippen LogP contribution is -2.40. The van der Waals surface area contributed by atoms with Crippen molar-refractivity contribution >= 4 is 5.91 Å². The molecule has 3 heterocycles. The van der Waals surface area contributed by atoms with Gasteiger partial charge in [-0.05, 0) is 45.4 Å². The van der Waals surface area contributed by atoms with Crippen molar-refractivity contribution in [3.05, 3.63) is 35.0 Å². The maximum Gasteiger partial charge on any atom is 0.257 e. The topological polar surface area (TPSA) is 84.0 Å². The predicted octanol–water partition coefficient (Wildman–Crippen LogP) is 3.02. The largest absolute Gasteiger partial charge is 0.477 e. The molecule has 1 aliphatic heterocycles. The molecule has 0 spiro atoms. The molecule has 1 saturated heterocycles. The molecule has 2 aliphatic rings. The fourth-order valence-corrected chi connectivity index (χ4v) is 3.89. The van der Waals surface area contributed by atoms with Crippen LogP contribution in [0.15, 0.2) is 12.4 Å². The predicted molar refractivity (Wildman–Crippen MR) is 101 cm³/mol. The molecular formula is C20H27N5O2. The van der Waals surface area contributed by atoms with E-state index >= 15 is 0 Å². The Morgan fingerprint density at radius 3 is 2.63 bits per heavy atom. The zero-order valence-corrected chi connectivity index (χ0v) is 16.1. The number of hydrogen-bond donors (Lipinski definition) is 1. The van der Waals surface area contributed by atoms with Gasteiger partial charge in [-0.1, -0.05) is 6.42 Å². The number of nitrogens with one attached hydrogen (secondary N) is 1. The molecule has 0 unspecified atom stereocenters. The highest BCUT2D eigenvalue weighted by atomic mass is 16.5. The van der Waals surface area contributed by atoms with Crippen LogP contribution in [-0.4, -0.2) is 50.7 Å². The van der Waals surface area contributed by atoms with Crippen molar-refractivity contribution in [3.8, 4) is 5.88 Å². The van der Waals surface area contributed by atoms with Crippen LogP contribution in [0.1, 0.15) is 65.5 Å². The lowest BCUT2D eigenvalue weighted by Gasteiger charge is -2.32. The van der Waals surface area contributed by atoms with E-state index in [0.29, 0.717) is 29.9 Å². The van der Waals surface area contributed by atoms with Gasteiger partial charge in [-0.15, -0.1) is 0 Å². The Kier molecular flexibility index (Phi) is 5.09. The smallest absolute Gasteiger partial charge is 0.257 e. The number of likely N-dealkylation sites (tertiary alicyclic amines) is 1. The monoisotopic (exact) mass is 369 g/mol. The quantitative estimate of drug-likeness (QED) is 0.876. The van der Waals surface area contributed by atoms with Gasteiger partial charge >= 0.3 is 0 Å². The van der Waals surface area contributed by atoms with E-state index in [2.05, 4.69) is 20.2 Å². The van der Waals surface area contributed by atoms with E-state index in [1.165, 1.54) is 19.3 Å². The number of piperidine rings is 1. The van der Waals surface area contributed by atoms with Crippen molar-refractivity contribution in [1.29, 1.82) is 0 Å². The average Bonchev–Trinajstić information content (AvgIpc) is 2.97. The Labute approximate surface area is 159 Å². The van der Waals surface area contributed by atoms with Gasteiger partial charge in [-0.3, -0.25) is 9.89 Å². The fourth-order valence-electron chi connectivity index (χ4n) is 3.89. The minimum Gasteiger partial charge on any atom is -0.477 e. The molecule has 2 fully saturated rings. The van der Waals surface area contributed by atoms with Crippen LogP contribution >= 0.6 is 0 Å². The third-order valence-electron chi connectivity index (χ3n) is 5.90. The van der Waals surface area contributed by atoms with E-state index in [4.69, 9.17) is 4.74 Å². The van der Waals surface area contributed by atoms with Crippen LogP contribution in [0.2, 0.25) is 0 Å². The van der Waals surface area contributed by atoms with Crippen LogP contribution < -0.4 is 4.74 Å². The van der Waals surface area contributed by atoms with Crippen molar-refractivity contribution in [2.24, 2.45) is 5.92 Å². The first-order chi connectivity index (χ1) is 13.1. The zero-order valence-electron chi connectivity index (χ0n) is 16.1. The third-order valence-corrected chi connectivity index (χ3v) is 5.90. The molecule has 1 saturated carbocycles. The van der Waals surface area contributed by atoms with Gasteiger partial charge in [0.05, 0.1) is 23.6 Å². The number of carbonyl (C=O) groups is 1. The van der Waals surface area contributed by atoms with Crippen LogP contribution in [-0.2, 0) is 0 Å². The summed E-state index contributed by atoms with van der Waals surface area (Å²) in [5.74, 6) is 1.79. The van der Waals surface area contributed by atoms with Gasteiger partial charge in [0.2, 0.25) is 5.88 Å². The molecular weight excluding hydrogens is 342 g/mol. The first-order valence-electron chi connectivity index (χ1n) is 9.87. The van der Waals surface area contributed by atoms with Crippen molar-refractivity contribution in [2.75, 3.05) is 19.7 Å². The standard InChI is InChI=1S/C20H27N5O2/c1-13-19(14(2)24-23-13)20(26)25-8-6-15(7-9-25)11-27-18-10-17(21-12-22-18)16-4-3-5-16/h10,12,15-16H,3-9,11H2,1-2H3,(H,23,24). The van der Waals surface area contributed by atoms with Gasteiger partial charge in [0.1, 0.15) is 6.33 Å².